The second-order valence-electron chi connectivity index (χ2n) is 5.21. The van der Waals surface area contributed by atoms with E-state index in [1.54, 1.807) is 30.3 Å². The fourth-order valence-electron chi connectivity index (χ4n) is 2.27. The van der Waals surface area contributed by atoms with Crippen LogP contribution in [0, 0.1) is 5.82 Å². The van der Waals surface area contributed by atoms with Gasteiger partial charge in [-0.05, 0) is 35.7 Å². The third kappa shape index (κ3) is 4.55. The van der Waals surface area contributed by atoms with E-state index < -0.39 is 5.97 Å². The largest absolute Gasteiger partial charge is 0.496 e. The molecular formula is C18H18FNO4. The van der Waals surface area contributed by atoms with E-state index in [0.717, 1.165) is 0 Å². The first-order valence-electron chi connectivity index (χ1n) is 7.41. The summed E-state index contributed by atoms with van der Waals surface area (Å²) in [5.74, 6) is -1.39. The Kier molecular flexibility index (Phi) is 5.89. The molecule has 2 rings (SSSR count). The topological polar surface area (TPSA) is 75.6 Å². The van der Waals surface area contributed by atoms with Gasteiger partial charge >= 0.3 is 5.97 Å². The maximum Gasteiger partial charge on any atom is 0.339 e. The number of halogens is 1. The Morgan fingerprint density at radius 2 is 1.96 bits per heavy atom. The van der Waals surface area contributed by atoms with Crippen LogP contribution in [0.25, 0.3) is 0 Å². The summed E-state index contributed by atoms with van der Waals surface area (Å²) < 4.78 is 18.5. The van der Waals surface area contributed by atoms with Crippen molar-refractivity contribution in [3.63, 3.8) is 0 Å². The Hall–Kier alpha value is -2.89. The minimum atomic E-state index is -1.10. The van der Waals surface area contributed by atoms with Gasteiger partial charge in [-0.2, -0.15) is 0 Å². The highest BCUT2D eigenvalue weighted by Crippen LogP contribution is 2.19. The molecule has 2 aromatic rings. The molecule has 6 heteroatoms. The molecule has 0 aliphatic carbocycles. The van der Waals surface area contributed by atoms with Crippen molar-refractivity contribution in [3.8, 4) is 5.75 Å². The summed E-state index contributed by atoms with van der Waals surface area (Å²) in [5.41, 5.74) is 1.17. The molecule has 2 aromatic carbocycles. The van der Waals surface area contributed by atoms with Crippen molar-refractivity contribution in [1.82, 2.24) is 5.32 Å². The van der Waals surface area contributed by atoms with E-state index in [0.29, 0.717) is 17.5 Å². The van der Waals surface area contributed by atoms with Gasteiger partial charge in [0.1, 0.15) is 17.1 Å². The number of hydrogen-bond acceptors (Lipinski definition) is 3. The number of carbonyl (C=O) groups excluding carboxylic acids is 1. The van der Waals surface area contributed by atoms with Gasteiger partial charge in [-0.3, -0.25) is 4.79 Å². The average molecular weight is 331 g/mol. The van der Waals surface area contributed by atoms with Gasteiger partial charge in [-0.15, -0.1) is 0 Å². The van der Waals surface area contributed by atoms with Crippen molar-refractivity contribution in [2.45, 2.75) is 19.4 Å². The second-order valence-corrected chi connectivity index (χ2v) is 5.21. The number of rotatable bonds is 7. The van der Waals surface area contributed by atoms with E-state index >= 15 is 0 Å². The maximum atomic E-state index is 13.5. The van der Waals surface area contributed by atoms with E-state index in [9.17, 15) is 14.0 Å². The van der Waals surface area contributed by atoms with Gasteiger partial charge < -0.3 is 15.2 Å². The first-order chi connectivity index (χ1) is 11.5. The van der Waals surface area contributed by atoms with Gasteiger partial charge in [0, 0.05) is 13.0 Å². The number of nitrogens with one attached hydrogen (secondary N) is 1. The van der Waals surface area contributed by atoms with Gasteiger partial charge in [0.05, 0.1) is 7.11 Å². The molecule has 2 N–H and O–H groups in total. The number of methoxy groups -OCH3 is 1. The minimum Gasteiger partial charge on any atom is -0.496 e. The van der Waals surface area contributed by atoms with Gasteiger partial charge in [0.2, 0.25) is 5.91 Å². The number of carboxylic acid groups (broad SMARTS) is 1. The maximum absolute atomic E-state index is 13.5. The molecule has 0 radical (unpaired) electrons. The predicted octanol–water partition coefficient (Wildman–Crippen LogP) is 2.78. The molecule has 0 atom stereocenters. The quantitative estimate of drug-likeness (QED) is 0.818. The number of amides is 1. The van der Waals surface area contributed by atoms with Crippen LogP contribution in [0.5, 0.6) is 5.75 Å². The van der Waals surface area contributed by atoms with Crippen LogP contribution < -0.4 is 10.1 Å². The number of carboxylic acids is 1. The number of aryl methyl sites for hydroxylation is 1. The van der Waals surface area contributed by atoms with Crippen LogP contribution in [0.3, 0.4) is 0 Å². The molecule has 0 aliphatic rings. The van der Waals surface area contributed by atoms with Crippen LogP contribution in [0.1, 0.15) is 27.9 Å². The highest BCUT2D eigenvalue weighted by atomic mass is 19.1. The molecule has 0 saturated carbocycles. The van der Waals surface area contributed by atoms with E-state index in [-0.39, 0.29) is 36.0 Å². The van der Waals surface area contributed by atoms with Crippen LogP contribution in [-0.2, 0) is 17.8 Å². The molecule has 24 heavy (non-hydrogen) atoms. The lowest BCUT2D eigenvalue weighted by Crippen LogP contribution is -2.23. The Labute approximate surface area is 139 Å². The summed E-state index contributed by atoms with van der Waals surface area (Å²) in [6.45, 7) is 0.195. The van der Waals surface area contributed by atoms with Crippen molar-refractivity contribution >= 4 is 11.9 Å². The number of hydrogen-bond donors (Lipinski definition) is 2. The third-order valence-electron chi connectivity index (χ3n) is 3.56. The smallest absolute Gasteiger partial charge is 0.339 e. The normalized spacial score (nSPS) is 10.2. The van der Waals surface area contributed by atoms with Crippen LogP contribution in [0.2, 0.25) is 0 Å². The van der Waals surface area contributed by atoms with E-state index in [2.05, 4.69) is 5.32 Å². The minimum absolute atomic E-state index is 0.0376. The van der Waals surface area contributed by atoms with Crippen molar-refractivity contribution in [2.75, 3.05) is 7.11 Å². The zero-order chi connectivity index (χ0) is 17.5. The molecule has 0 spiro atoms. The first kappa shape index (κ1) is 17.5. The van der Waals surface area contributed by atoms with Gasteiger partial charge in [0.25, 0.3) is 0 Å². The van der Waals surface area contributed by atoms with Gasteiger partial charge in [-0.25, -0.2) is 9.18 Å². The lowest BCUT2D eigenvalue weighted by atomic mass is 10.1. The molecule has 0 aliphatic heterocycles. The molecule has 0 saturated heterocycles. The summed E-state index contributed by atoms with van der Waals surface area (Å²) >= 11 is 0. The average Bonchev–Trinajstić information content (AvgIpc) is 2.59. The monoisotopic (exact) mass is 331 g/mol. The Bertz CT molecular complexity index is 746. The Balaban J connectivity index is 1.91. The van der Waals surface area contributed by atoms with Crippen molar-refractivity contribution < 1.29 is 23.8 Å². The predicted molar refractivity (Wildman–Crippen MR) is 86.5 cm³/mol. The molecule has 0 fully saturated rings. The molecule has 126 valence electrons. The first-order valence-corrected chi connectivity index (χ1v) is 7.41. The Morgan fingerprint density at radius 1 is 1.21 bits per heavy atom. The second kappa shape index (κ2) is 8.10. The molecule has 0 heterocycles. The van der Waals surface area contributed by atoms with E-state index in [1.165, 1.54) is 19.2 Å². The molecule has 5 nitrogen and oxygen atoms in total. The van der Waals surface area contributed by atoms with Gasteiger partial charge in [-0.1, -0.05) is 24.3 Å². The van der Waals surface area contributed by atoms with Crippen LogP contribution in [-0.4, -0.2) is 24.1 Å². The van der Waals surface area contributed by atoms with Crippen LogP contribution in [0.15, 0.2) is 42.5 Å². The highest BCUT2D eigenvalue weighted by molar-refractivity contribution is 5.91. The van der Waals surface area contributed by atoms with Crippen molar-refractivity contribution in [1.29, 1.82) is 0 Å². The number of carbonyl (C=O) groups is 2. The fraction of sp³-hybridized carbons (Fsp3) is 0.222. The van der Waals surface area contributed by atoms with E-state index in [4.69, 9.17) is 9.84 Å². The lowest BCUT2D eigenvalue weighted by molar-refractivity contribution is -0.121. The third-order valence-corrected chi connectivity index (χ3v) is 3.56. The summed E-state index contributed by atoms with van der Waals surface area (Å²) in [6, 6.07) is 11.0. The zero-order valence-electron chi connectivity index (χ0n) is 13.2. The lowest BCUT2D eigenvalue weighted by Gasteiger charge is -2.09. The molecule has 0 aromatic heterocycles. The highest BCUT2D eigenvalue weighted by Gasteiger charge is 2.12. The molecule has 0 unspecified atom stereocenters. The molecule has 1 amide bonds. The van der Waals surface area contributed by atoms with Crippen molar-refractivity contribution in [2.24, 2.45) is 0 Å². The standard InChI is InChI=1S/C18H18FNO4/c1-24-16-8-6-12(10-14(16)18(22)23)11-20-17(21)9-7-13-4-2-3-5-15(13)19/h2-6,8,10H,7,9,11H2,1H3,(H,20,21)(H,22,23). The Morgan fingerprint density at radius 3 is 2.62 bits per heavy atom. The fourth-order valence-corrected chi connectivity index (χ4v) is 2.27. The van der Waals surface area contributed by atoms with Crippen LogP contribution >= 0.6 is 0 Å². The van der Waals surface area contributed by atoms with E-state index in [1.807, 2.05) is 0 Å². The van der Waals surface area contributed by atoms with Gasteiger partial charge in [0.15, 0.2) is 0 Å². The number of aromatic carboxylic acids is 1. The summed E-state index contributed by atoms with van der Waals surface area (Å²) in [6.07, 6.45) is 0.463. The summed E-state index contributed by atoms with van der Waals surface area (Å²) in [5, 5.41) is 11.8. The molecular weight excluding hydrogens is 313 g/mol. The summed E-state index contributed by atoms with van der Waals surface area (Å²) in [7, 11) is 1.39. The SMILES string of the molecule is COc1ccc(CNC(=O)CCc2ccccc2F)cc1C(=O)O. The van der Waals surface area contributed by atoms with Crippen LogP contribution in [0.4, 0.5) is 4.39 Å². The molecule has 0 bridgehead atoms. The number of ether oxygens (including phenoxy) is 1. The summed E-state index contributed by atoms with van der Waals surface area (Å²) in [4.78, 5) is 23.0. The number of benzene rings is 2. The zero-order valence-corrected chi connectivity index (χ0v) is 13.2. The van der Waals surface area contributed by atoms with Crippen molar-refractivity contribution in [3.05, 3.63) is 65.0 Å².